The minimum Gasteiger partial charge on any atom is -0.496 e. The van der Waals surface area contributed by atoms with E-state index in [1.807, 2.05) is 13.8 Å². The summed E-state index contributed by atoms with van der Waals surface area (Å²) >= 11 is 0. The van der Waals surface area contributed by atoms with E-state index in [1.165, 1.54) is 19.2 Å². The molecule has 0 spiro atoms. The van der Waals surface area contributed by atoms with Crippen LogP contribution in [-0.4, -0.2) is 27.1 Å². The molecule has 7 heteroatoms. The first-order chi connectivity index (χ1) is 12.7. The first kappa shape index (κ1) is 19.4. The first-order valence-electron chi connectivity index (χ1n) is 8.64. The molecule has 144 valence electrons. The highest BCUT2D eigenvalue weighted by Crippen LogP contribution is 2.26. The van der Waals surface area contributed by atoms with E-state index in [1.54, 1.807) is 25.1 Å². The summed E-state index contributed by atoms with van der Waals surface area (Å²) in [6.45, 7) is 5.74. The summed E-state index contributed by atoms with van der Waals surface area (Å²) < 4.78 is 46.9. The fourth-order valence-corrected chi connectivity index (χ4v) is 4.66. The SMILES string of the molecule is COc1cc(S(=O)(=O)NCCc2c(C)[nH]c3ccc(F)cc23)c(C)cc1C. The second kappa shape index (κ2) is 7.32. The molecule has 0 aliphatic heterocycles. The highest BCUT2D eigenvalue weighted by atomic mass is 32.2. The van der Waals surface area contributed by atoms with Crippen LogP contribution in [0.1, 0.15) is 22.4 Å². The van der Waals surface area contributed by atoms with Gasteiger partial charge in [0.15, 0.2) is 0 Å². The maximum Gasteiger partial charge on any atom is 0.240 e. The normalized spacial score (nSPS) is 11.9. The zero-order valence-corrected chi connectivity index (χ0v) is 16.6. The van der Waals surface area contributed by atoms with Crippen LogP contribution in [0, 0.1) is 26.6 Å². The van der Waals surface area contributed by atoms with Crippen molar-refractivity contribution in [2.24, 2.45) is 0 Å². The van der Waals surface area contributed by atoms with Crippen LogP contribution in [0.15, 0.2) is 35.2 Å². The number of aromatic nitrogens is 1. The number of hydrogen-bond acceptors (Lipinski definition) is 3. The first-order valence-corrected chi connectivity index (χ1v) is 10.1. The smallest absolute Gasteiger partial charge is 0.240 e. The molecule has 0 saturated carbocycles. The summed E-state index contributed by atoms with van der Waals surface area (Å²) in [7, 11) is -2.17. The minimum atomic E-state index is -3.68. The lowest BCUT2D eigenvalue weighted by atomic mass is 10.1. The van der Waals surface area contributed by atoms with Crippen molar-refractivity contribution in [3.05, 3.63) is 58.5 Å². The van der Waals surface area contributed by atoms with E-state index < -0.39 is 10.0 Å². The summed E-state index contributed by atoms with van der Waals surface area (Å²) in [6, 6.07) is 7.89. The Morgan fingerprint density at radius 1 is 1.11 bits per heavy atom. The van der Waals surface area contributed by atoms with E-state index in [0.717, 1.165) is 27.7 Å². The van der Waals surface area contributed by atoms with Gasteiger partial charge in [-0.15, -0.1) is 0 Å². The molecule has 0 saturated heterocycles. The number of methoxy groups -OCH3 is 1. The molecule has 0 radical (unpaired) electrons. The van der Waals surface area contributed by atoms with Gasteiger partial charge in [0.05, 0.1) is 12.0 Å². The quantitative estimate of drug-likeness (QED) is 0.673. The lowest BCUT2D eigenvalue weighted by Crippen LogP contribution is -2.26. The Kier molecular flexibility index (Phi) is 5.26. The van der Waals surface area contributed by atoms with E-state index in [-0.39, 0.29) is 17.3 Å². The minimum absolute atomic E-state index is 0.201. The number of benzene rings is 2. The van der Waals surface area contributed by atoms with Gasteiger partial charge in [-0.25, -0.2) is 17.5 Å². The molecule has 2 N–H and O–H groups in total. The number of ether oxygens (including phenoxy) is 1. The number of aromatic amines is 1. The molecule has 0 atom stereocenters. The number of halogens is 1. The van der Waals surface area contributed by atoms with Crippen molar-refractivity contribution in [1.29, 1.82) is 0 Å². The molecule has 0 fully saturated rings. The third-order valence-electron chi connectivity index (χ3n) is 4.73. The average Bonchev–Trinajstić information content (AvgIpc) is 2.90. The molecule has 5 nitrogen and oxygen atoms in total. The number of nitrogens with one attached hydrogen (secondary N) is 2. The van der Waals surface area contributed by atoms with Crippen LogP contribution in [0.5, 0.6) is 5.75 Å². The number of rotatable bonds is 6. The molecule has 2 aromatic carbocycles. The average molecular weight is 390 g/mol. The Balaban J connectivity index is 1.81. The second-order valence-electron chi connectivity index (χ2n) is 6.65. The molecular weight excluding hydrogens is 367 g/mol. The molecule has 1 heterocycles. The van der Waals surface area contributed by atoms with Gasteiger partial charge in [0, 0.05) is 29.2 Å². The van der Waals surface area contributed by atoms with Gasteiger partial charge < -0.3 is 9.72 Å². The lowest BCUT2D eigenvalue weighted by Gasteiger charge is -2.13. The zero-order chi connectivity index (χ0) is 19.8. The number of fused-ring (bicyclic) bond motifs is 1. The molecule has 0 unspecified atom stereocenters. The van der Waals surface area contributed by atoms with Crippen molar-refractivity contribution < 1.29 is 17.5 Å². The number of H-pyrrole nitrogens is 1. The number of hydrogen-bond donors (Lipinski definition) is 2. The van der Waals surface area contributed by atoms with E-state index >= 15 is 0 Å². The second-order valence-corrected chi connectivity index (χ2v) is 8.39. The van der Waals surface area contributed by atoms with Crippen LogP contribution < -0.4 is 9.46 Å². The number of aryl methyl sites for hydroxylation is 3. The maximum absolute atomic E-state index is 13.6. The zero-order valence-electron chi connectivity index (χ0n) is 15.8. The Labute approximate surface area is 158 Å². The van der Waals surface area contributed by atoms with E-state index in [9.17, 15) is 12.8 Å². The third-order valence-corrected chi connectivity index (χ3v) is 6.33. The molecule has 0 aliphatic carbocycles. The molecule has 27 heavy (non-hydrogen) atoms. The van der Waals surface area contributed by atoms with Crippen LogP contribution in [0.4, 0.5) is 4.39 Å². The molecule has 0 amide bonds. The summed E-state index contributed by atoms with van der Waals surface area (Å²) in [5, 5.41) is 0.778. The van der Waals surface area contributed by atoms with Crippen molar-refractivity contribution in [2.45, 2.75) is 32.1 Å². The van der Waals surface area contributed by atoms with Crippen molar-refractivity contribution in [3.8, 4) is 5.75 Å². The topological polar surface area (TPSA) is 71.2 Å². The van der Waals surface area contributed by atoms with Gasteiger partial charge in [0.2, 0.25) is 10.0 Å². The molecule has 3 rings (SSSR count). The Bertz CT molecular complexity index is 1100. The predicted molar refractivity (Wildman–Crippen MR) is 104 cm³/mol. The van der Waals surface area contributed by atoms with Gasteiger partial charge in [-0.05, 0) is 62.1 Å². The van der Waals surface area contributed by atoms with Gasteiger partial charge in [0.25, 0.3) is 0 Å². The lowest BCUT2D eigenvalue weighted by molar-refractivity contribution is 0.410. The predicted octanol–water partition coefficient (Wildman–Crippen LogP) is 3.76. The van der Waals surface area contributed by atoms with Crippen LogP contribution >= 0.6 is 0 Å². The van der Waals surface area contributed by atoms with Gasteiger partial charge in [-0.2, -0.15) is 0 Å². The summed E-state index contributed by atoms with van der Waals surface area (Å²) in [5.41, 5.74) is 4.19. The third kappa shape index (κ3) is 3.84. The molecule has 0 aliphatic rings. The van der Waals surface area contributed by atoms with Gasteiger partial charge in [-0.1, -0.05) is 6.07 Å². The Morgan fingerprint density at radius 3 is 2.56 bits per heavy atom. The van der Waals surface area contributed by atoms with E-state index in [0.29, 0.717) is 17.7 Å². The van der Waals surface area contributed by atoms with E-state index in [4.69, 9.17) is 4.74 Å². The van der Waals surface area contributed by atoms with Crippen LogP contribution in [0.3, 0.4) is 0 Å². The van der Waals surface area contributed by atoms with Crippen molar-refractivity contribution in [3.63, 3.8) is 0 Å². The van der Waals surface area contributed by atoms with Crippen LogP contribution in [0.2, 0.25) is 0 Å². The summed E-state index contributed by atoms with van der Waals surface area (Å²) in [5.74, 6) is 0.217. The highest BCUT2D eigenvalue weighted by Gasteiger charge is 2.19. The summed E-state index contributed by atoms with van der Waals surface area (Å²) in [6.07, 6.45) is 0.455. The molecular formula is C20H23FN2O3S. The largest absolute Gasteiger partial charge is 0.496 e. The molecule has 0 bridgehead atoms. The molecule has 3 aromatic rings. The fourth-order valence-electron chi connectivity index (χ4n) is 3.39. The van der Waals surface area contributed by atoms with Gasteiger partial charge >= 0.3 is 0 Å². The Morgan fingerprint density at radius 2 is 1.85 bits per heavy atom. The van der Waals surface area contributed by atoms with Crippen LogP contribution in [-0.2, 0) is 16.4 Å². The monoisotopic (exact) mass is 390 g/mol. The van der Waals surface area contributed by atoms with Crippen molar-refractivity contribution >= 4 is 20.9 Å². The fraction of sp³-hybridized carbons (Fsp3) is 0.300. The summed E-state index contributed by atoms with van der Waals surface area (Å²) in [4.78, 5) is 3.40. The number of sulfonamides is 1. The Hall–Kier alpha value is -2.38. The standard InChI is InChI=1S/C20H23FN2O3S/c1-12-9-13(2)20(11-19(12)26-4)27(24,25)22-8-7-16-14(3)23-18-6-5-15(21)10-17(16)18/h5-6,9-11,22-23H,7-8H2,1-4H3. The van der Waals surface area contributed by atoms with Crippen LogP contribution in [0.25, 0.3) is 10.9 Å². The van der Waals surface area contributed by atoms with Crippen molar-refractivity contribution in [2.75, 3.05) is 13.7 Å². The van der Waals surface area contributed by atoms with Gasteiger partial charge in [0.1, 0.15) is 11.6 Å². The molecule has 1 aromatic heterocycles. The highest BCUT2D eigenvalue weighted by molar-refractivity contribution is 7.89. The van der Waals surface area contributed by atoms with Gasteiger partial charge in [-0.3, -0.25) is 0 Å². The van der Waals surface area contributed by atoms with E-state index in [2.05, 4.69) is 9.71 Å². The maximum atomic E-state index is 13.6. The van der Waals surface area contributed by atoms with Crippen molar-refractivity contribution in [1.82, 2.24) is 9.71 Å².